The average Bonchev–Trinajstić information content (AvgIpc) is 2.72. The number of rotatable bonds is 1. The molecule has 0 saturated carbocycles. The van der Waals surface area contributed by atoms with Gasteiger partial charge in [0.05, 0.1) is 5.00 Å². The van der Waals surface area contributed by atoms with Gasteiger partial charge in [0.2, 0.25) is 0 Å². The molecule has 1 aromatic rings. The van der Waals surface area contributed by atoms with E-state index in [1.165, 1.54) is 11.4 Å². The smallest absolute Gasteiger partial charge is 0.0920 e. The van der Waals surface area contributed by atoms with E-state index in [1.54, 1.807) is 0 Å². The molecular formula is C9H12BrNS. The normalized spacial score (nSPS) is 51.6. The van der Waals surface area contributed by atoms with Crippen LogP contribution in [0.4, 0.5) is 5.00 Å². The predicted octanol–water partition coefficient (Wildman–Crippen LogP) is 3.50. The highest BCUT2D eigenvalue weighted by Crippen LogP contribution is 2.29. The van der Waals surface area contributed by atoms with Crippen LogP contribution in [0, 0.1) is 0 Å². The van der Waals surface area contributed by atoms with Crippen LogP contribution in [0.25, 0.3) is 0 Å². The summed E-state index contributed by atoms with van der Waals surface area (Å²) < 4.78 is 79.1. The highest BCUT2D eigenvalue weighted by Gasteiger charge is 2.11. The van der Waals surface area contributed by atoms with Crippen LogP contribution in [-0.2, 0) is 0 Å². The Morgan fingerprint density at radius 3 is 2.75 bits per heavy atom. The lowest BCUT2D eigenvalue weighted by molar-refractivity contribution is 0.580. The van der Waals surface area contributed by atoms with Crippen molar-refractivity contribution in [3.05, 3.63) is 15.9 Å². The standard InChI is InChI=1S/C9H12BrNS/c10-8-6-9(12-7-8)11-4-2-1-3-5-11/h6-7H,1-5H2/i1D2,2D2,3D2,4D2,5D2. The molecule has 0 amide bonds. The van der Waals surface area contributed by atoms with Crippen molar-refractivity contribution in [2.45, 2.75) is 19.1 Å². The van der Waals surface area contributed by atoms with Crippen LogP contribution in [0.5, 0.6) is 0 Å². The van der Waals surface area contributed by atoms with Crippen LogP contribution in [-0.4, -0.2) is 13.0 Å². The molecule has 1 aliphatic heterocycles. The summed E-state index contributed by atoms with van der Waals surface area (Å²) in [6, 6.07) is 1.34. The number of piperidine rings is 1. The Labute approximate surface area is 99.6 Å². The number of hydrogen-bond donors (Lipinski definition) is 0. The molecule has 12 heavy (non-hydrogen) atoms. The molecule has 2 rings (SSSR count). The van der Waals surface area contributed by atoms with Gasteiger partial charge in [-0.15, -0.1) is 11.3 Å². The highest BCUT2D eigenvalue weighted by molar-refractivity contribution is 9.10. The van der Waals surface area contributed by atoms with Crippen LogP contribution in [0.1, 0.15) is 32.8 Å². The van der Waals surface area contributed by atoms with Gasteiger partial charge >= 0.3 is 0 Å². The predicted molar refractivity (Wildman–Crippen MR) is 58.1 cm³/mol. The number of anilines is 1. The quantitative estimate of drug-likeness (QED) is 0.743. The minimum Gasteiger partial charge on any atom is -0.363 e. The summed E-state index contributed by atoms with van der Waals surface area (Å²) in [4.78, 5) is 0.358. The Kier molecular flexibility index (Phi) is 0.865. The van der Waals surface area contributed by atoms with Gasteiger partial charge in [0.15, 0.2) is 0 Å². The zero-order valence-electron chi connectivity index (χ0n) is 15.9. The minimum atomic E-state index is -3.38. The first-order valence-corrected chi connectivity index (χ1v) is 4.84. The van der Waals surface area contributed by atoms with E-state index < -0.39 is 32.1 Å². The second-order valence-corrected chi connectivity index (χ2v) is 3.84. The maximum atomic E-state index is 7.98. The van der Waals surface area contributed by atoms with Crippen LogP contribution < -0.4 is 4.90 Å². The topological polar surface area (TPSA) is 3.24 Å². The van der Waals surface area contributed by atoms with E-state index in [-0.39, 0.29) is 5.00 Å². The molecule has 1 nitrogen and oxygen atoms in total. The Bertz CT molecular complexity index is 567. The number of thiophene rings is 1. The van der Waals surface area contributed by atoms with E-state index in [0.29, 0.717) is 9.37 Å². The van der Waals surface area contributed by atoms with Gasteiger partial charge in [0.25, 0.3) is 0 Å². The zero-order valence-corrected chi connectivity index (χ0v) is 8.29. The van der Waals surface area contributed by atoms with Crippen molar-refractivity contribution in [2.24, 2.45) is 0 Å². The fourth-order valence-electron chi connectivity index (χ4n) is 0.757. The van der Waals surface area contributed by atoms with E-state index in [9.17, 15) is 0 Å². The van der Waals surface area contributed by atoms with E-state index in [1.807, 2.05) is 0 Å². The Hall–Kier alpha value is -0.0200. The summed E-state index contributed by atoms with van der Waals surface area (Å²) in [7, 11) is 0. The molecule has 0 unspecified atom stereocenters. The largest absolute Gasteiger partial charge is 0.363 e. The van der Waals surface area contributed by atoms with E-state index in [2.05, 4.69) is 15.9 Å². The number of hydrogen-bond acceptors (Lipinski definition) is 2. The fraction of sp³-hybridized carbons (Fsp3) is 0.556. The van der Waals surface area contributed by atoms with Crippen molar-refractivity contribution in [3.63, 3.8) is 0 Å². The van der Waals surface area contributed by atoms with Gasteiger partial charge in [-0.05, 0) is 41.1 Å². The second-order valence-electron chi connectivity index (χ2n) is 2.04. The van der Waals surface area contributed by atoms with Crippen molar-refractivity contribution in [2.75, 3.05) is 17.9 Å². The number of nitrogens with zero attached hydrogens (tertiary/aromatic N) is 1. The molecule has 1 saturated heterocycles. The van der Waals surface area contributed by atoms with Gasteiger partial charge in [0, 0.05) is 36.6 Å². The molecule has 1 fully saturated rings. The molecule has 0 atom stereocenters. The molecule has 0 N–H and O–H groups in total. The molecule has 0 aromatic carbocycles. The van der Waals surface area contributed by atoms with E-state index in [0.717, 1.165) is 11.3 Å². The van der Waals surface area contributed by atoms with Gasteiger partial charge in [-0.2, -0.15) is 0 Å². The van der Waals surface area contributed by atoms with Crippen LogP contribution in [0.2, 0.25) is 0 Å². The Morgan fingerprint density at radius 2 is 2.17 bits per heavy atom. The fourth-order valence-corrected chi connectivity index (χ4v) is 2.10. The first kappa shape index (κ1) is 2.74. The summed E-state index contributed by atoms with van der Waals surface area (Å²) in [5.41, 5.74) is 0. The third-order valence-electron chi connectivity index (χ3n) is 1.23. The first-order chi connectivity index (χ1) is 9.62. The van der Waals surface area contributed by atoms with Crippen molar-refractivity contribution in [1.82, 2.24) is 0 Å². The Morgan fingerprint density at radius 1 is 1.42 bits per heavy atom. The number of halogens is 1. The molecule has 3 heteroatoms. The van der Waals surface area contributed by atoms with E-state index >= 15 is 0 Å². The summed E-state index contributed by atoms with van der Waals surface area (Å²) in [5.74, 6) is 0. The molecular weight excluding hydrogens is 234 g/mol. The van der Waals surface area contributed by atoms with E-state index in [4.69, 9.17) is 13.7 Å². The molecule has 66 valence electrons. The van der Waals surface area contributed by atoms with Gasteiger partial charge in [0.1, 0.15) is 0 Å². The lowest BCUT2D eigenvalue weighted by Crippen LogP contribution is -2.28. The molecule has 2 heterocycles. The maximum Gasteiger partial charge on any atom is 0.0920 e. The van der Waals surface area contributed by atoms with Gasteiger partial charge in [-0.3, -0.25) is 0 Å². The lowest BCUT2D eigenvalue weighted by atomic mass is 10.1. The summed E-state index contributed by atoms with van der Waals surface area (Å²) in [6.45, 7) is -6.20. The third-order valence-corrected chi connectivity index (χ3v) is 2.91. The Balaban J connectivity index is 2.77. The van der Waals surface area contributed by atoms with Gasteiger partial charge < -0.3 is 4.90 Å². The van der Waals surface area contributed by atoms with Crippen LogP contribution in [0.15, 0.2) is 15.9 Å². The molecule has 0 spiro atoms. The molecule has 0 aliphatic carbocycles. The monoisotopic (exact) mass is 255 g/mol. The van der Waals surface area contributed by atoms with Crippen molar-refractivity contribution < 1.29 is 13.7 Å². The van der Waals surface area contributed by atoms with Crippen molar-refractivity contribution in [1.29, 1.82) is 0 Å². The first-order valence-electron chi connectivity index (χ1n) is 8.17. The molecule has 0 radical (unpaired) electrons. The molecule has 0 bridgehead atoms. The van der Waals surface area contributed by atoms with Gasteiger partial charge in [-0.25, -0.2) is 0 Å². The van der Waals surface area contributed by atoms with Crippen LogP contribution in [0.3, 0.4) is 0 Å². The second kappa shape index (κ2) is 3.79. The SMILES string of the molecule is [2H]C1([2H])N(c2cc(Br)cs2)C([2H])([2H])C([2H])([2H])C([2H])([2H])C1([2H])[2H]. The minimum absolute atomic E-state index is 0.0369. The molecule has 1 aromatic heterocycles. The van der Waals surface area contributed by atoms with Crippen LogP contribution >= 0.6 is 27.3 Å². The highest BCUT2D eigenvalue weighted by atomic mass is 79.9. The van der Waals surface area contributed by atoms with Crippen molar-refractivity contribution in [3.8, 4) is 0 Å². The average molecular weight is 256 g/mol. The summed E-state index contributed by atoms with van der Waals surface area (Å²) >= 11 is 4.04. The summed E-state index contributed by atoms with van der Waals surface area (Å²) in [5, 5.41) is 1.49. The lowest BCUT2D eigenvalue weighted by Gasteiger charge is -2.26. The summed E-state index contributed by atoms with van der Waals surface area (Å²) in [6.07, 6.45) is -9.95. The van der Waals surface area contributed by atoms with Gasteiger partial charge in [-0.1, -0.05) is 0 Å². The zero-order chi connectivity index (χ0) is 17.4. The molecule has 1 aliphatic rings. The van der Waals surface area contributed by atoms with Crippen molar-refractivity contribution >= 4 is 32.3 Å². The third kappa shape index (κ3) is 1.83. The maximum absolute atomic E-state index is 7.98.